The summed E-state index contributed by atoms with van der Waals surface area (Å²) in [5.74, 6) is 2.37. The highest BCUT2D eigenvalue weighted by atomic mass is 19.3. The molecule has 1 heterocycles. The summed E-state index contributed by atoms with van der Waals surface area (Å²) in [6.45, 7) is 4.46. The molecule has 7 heteroatoms. The fourth-order valence-electron chi connectivity index (χ4n) is 1.94. The SMILES string of the molecule is CCCNc1nc(C2CC2)nc(NCC(O)C(F)F)c1C. The third-order valence-corrected chi connectivity index (χ3v) is 3.42. The molecule has 1 aromatic rings. The Hall–Kier alpha value is -1.50. The van der Waals surface area contributed by atoms with Crippen molar-refractivity contribution >= 4 is 11.6 Å². The average molecular weight is 300 g/mol. The highest BCUT2D eigenvalue weighted by Crippen LogP contribution is 2.39. The standard InChI is InChI=1S/C14H22F2N4O/c1-3-6-17-12-8(2)13(18-7-10(21)11(15)16)20-14(19-12)9-4-5-9/h9-11,21H,3-7H2,1-2H3,(H2,17,18,19,20). The number of aliphatic hydroxyl groups excluding tert-OH is 1. The van der Waals surface area contributed by atoms with Crippen LogP contribution in [0.3, 0.4) is 0 Å². The molecule has 0 saturated heterocycles. The Balaban J connectivity index is 2.15. The van der Waals surface area contributed by atoms with Crippen LogP contribution < -0.4 is 10.6 Å². The van der Waals surface area contributed by atoms with Crippen LogP contribution in [0.4, 0.5) is 20.4 Å². The normalized spacial score (nSPS) is 16.1. The molecule has 1 aliphatic rings. The number of nitrogens with zero attached hydrogens (tertiary/aromatic N) is 2. The third kappa shape index (κ3) is 4.23. The number of halogens is 2. The molecule has 1 fully saturated rings. The number of aromatic nitrogens is 2. The second-order valence-electron chi connectivity index (χ2n) is 5.39. The predicted molar refractivity (Wildman–Crippen MR) is 78.0 cm³/mol. The second-order valence-corrected chi connectivity index (χ2v) is 5.39. The molecular formula is C14H22F2N4O. The Morgan fingerprint density at radius 2 is 1.86 bits per heavy atom. The number of nitrogens with one attached hydrogen (secondary N) is 2. The average Bonchev–Trinajstić information content (AvgIpc) is 3.29. The van der Waals surface area contributed by atoms with E-state index in [9.17, 15) is 13.9 Å². The van der Waals surface area contributed by atoms with Crippen LogP contribution in [0, 0.1) is 6.92 Å². The van der Waals surface area contributed by atoms with Crippen LogP contribution in [0.15, 0.2) is 0 Å². The van der Waals surface area contributed by atoms with Gasteiger partial charge in [0.25, 0.3) is 6.43 Å². The second kappa shape index (κ2) is 6.98. The molecule has 1 aromatic heterocycles. The first-order valence-electron chi connectivity index (χ1n) is 7.35. The summed E-state index contributed by atoms with van der Waals surface area (Å²) in [4.78, 5) is 8.94. The number of anilines is 2. The molecule has 1 saturated carbocycles. The van der Waals surface area contributed by atoms with Gasteiger partial charge in [0.15, 0.2) is 0 Å². The van der Waals surface area contributed by atoms with Crippen molar-refractivity contribution in [3.8, 4) is 0 Å². The molecule has 1 atom stereocenters. The first kappa shape index (κ1) is 15.9. The maximum Gasteiger partial charge on any atom is 0.265 e. The van der Waals surface area contributed by atoms with E-state index in [-0.39, 0.29) is 6.54 Å². The van der Waals surface area contributed by atoms with Gasteiger partial charge in [0.2, 0.25) is 0 Å². The lowest BCUT2D eigenvalue weighted by Crippen LogP contribution is -2.27. The number of hydrogen-bond acceptors (Lipinski definition) is 5. The zero-order valence-corrected chi connectivity index (χ0v) is 12.4. The van der Waals surface area contributed by atoms with Crippen molar-refractivity contribution in [2.45, 2.75) is 51.6 Å². The molecule has 21 heavy (non-hydrogen) atoms. The van der Waals surface area contributed by atoms with Crippen LogP contribution in [0.5, 0.6) is 0 Å². The van der Waals surface area contributed by atoms with Crippen molar-refractivity contribution in [1.82, 2.24) is 9.97 Å². The molecule has 2 rings (SSSR count). The largest absolute Gasteiger partial charge is 0.385 e. The zero-order chi connectivity index (χ0) is 15.4. The van der Waals surface area contributed by atoms with Crippen LogP contribution in [-0.2, 0) is 0 Å². The number of hydrogen-bond donors (Lipinski definition) is 3. The van der Waals surface area contributed by atoms with E-state index in [1.165, 1.54) is 0 Å². The van der Waals surface area contributed by atoms with Gasteiger partial charge in [-0.05, 0) is 26.2 Å². The Labute approximate surface area is 123 Å². The van der Waals surface area contributed by atoms with Gasteiger partial charge >= 0.3 is 0 Å². The van der Waals surface area contributed by atoms with Crippen molar-refractivity contribution in [3.63, 3.8) is 0 Å². The Kier molecular flexibility index (Phi) is 5.27. The molecular weight excluding hydrogens is 278 g/mol. The lowest BCUT2D eigenvalue weighted by molar-refractivity contribution is 0.00380. The van der Waals surface area contributed by atoms with Crippen LogP contribution in [-0.4, -0.2) is 40.7 Å². The minimum absolute atomic E-state index is 0.229. The van der Waals surface area contributed by atoms with Gasteiger partial charge in [-0.15, -0.1) is 0 Å². The Morgan fingerprint density at radius 3 is 2.38 bits per heavy atom. The van der Waals surface area contributed by atoms with Crippen LogP contribution >= 0.6 is 0 Å². The first-order valence-corrected chi connectivity index (χ1v) is 7.35. The zero-order valence-electron chi connectivity index (χ0n) is 12.4. The molecule has 3 N–H and O–H groups in total. The van der Waals surface area contributed by atoms with Gasteiger partial charge in [0.05, 0.1) is 0 Å². The lowest BCUT2D eigenvalue weighted by atomic mass is 10.2. The van der Waals surface area contributed by atoms with Crippen LogP contribution in [0.1, 0.15) is 43.5 Å². The summed E-state index contributed by atoms with van der Waals surface area (Å²) in [7, 11) is 0. The number of aliphatic hydroxyl groups is 1. The van der Waals surface area contributed by atoms with Crippen LogP contribution in [0.25, 0.3) is 0 Å². The highest BCUT2D eigenvalue weighted by Gasteiger charge is 2.28. The van der Waals surface area contributed by atoms with Gasteiger partial charge in [-0.25, -0.2) is 18.7 Å². The van der Waals surface area contributed by atoms with Crippen molar-refractivity contribution in [1.29, 1.82) is 0 Å². The molecule has 1 unspecified atom stereocenters. The van der Waals surface area contributed by atoms with E-state index in [2.05, 4.69) is 27.5 Å². The third-order valence-electron chi connectivity index (χ3n) is 3.42. The molecule has 0 amide bonds. The molecule has 0 bridgehead atoms. The lowest BCUT2D eigenvalue weighted by Gasteiger charge is -2.16. The van der Waals surface area contributed by atoms with Crippen molar-refractivity contribution in [3.05, 3.63) is 11.4 Å². The van der Waals surface area contributed by atoms with Gasteiger partial charge < -0.3 is 15.7 Å². The summed E-state index contributed by atoms with van der Waals surface area (Å²) >= 11 is 0. The summed E-state index contributed by atoms with van der Waals surface area (Å²) in [5, 5.41) is 15.3. The summed E-state index contributed by atoms with van der Waals surface area (Å²) in [6.07, 6.45) is -1.36. The van der Waals surface area contributed by atoms with Gasteiger partial charge in [0, 0.05) is 24.6 Å². The molecule has 5 nitrogen and oxygen atoms in total. The summed E-state index contributed by atoms with van der Waals surface area (Å²) in [5.41, 5.74) is 0.786. The van der Waals surface area contributed by atoms with Gasteiger partial charge in [-0.3, -0.25) is 0 Å². The highest BCUT2D eigenvalue weighted by molar-refractivity contribution is 5.57. The van der Waals surface area contributed by atoms with Gasteiger partial charge in [-0.1, -0.05) is 6.92 Å². The Bertz CT molecular complexity index is 480. The first-order chi connectivity index (χ1) is 10.0. The van der Waals surface area contributed by atoms with Gasteiger partial charge in [0.1, 0.15) is 23.6 Å². The quantitative estimate of drug-likeness (QED) is 0.688. The van der Waals surface area contributed by atoms with E-state index in [4.69, 9.17) is 0 Å². The van der Waals surface area contributed by atoms with Crippen molar-refractivity contribution < 1.29 is 13.9 Å². The van der Waals surface area contributed by atoms with E-state index in [0.29, 0.717) is 11.7 Å². The molecule has 118 valence electrons. The Morgan fingerprint density at radius 1 is 1.24 bits per heavy atom. The molecule has 1 aliphatic carbocycles. The van der Waals surface area contributed by atoms with Crippen molar-refractivity contribution in [2.75, 3.05) is 23.7 Å². The van der Waals surface area contributed by atoms with E-state index < -0.39 is 12.5 Å². The smallest absolute Gasteiger partial charge is 0.265 e. The maximum atomic E-state index is 12.4. The van der Waals surface area contributed by atoms with Crippen LogP contribution in [0.2, 0.25) is 0 Å². The topological polar surface area (TPSA) is 70.1 Å². The number of alkyl halides is 2. The summed E-state index contributed by atoms with van der Waals surface area (Å²) in [6, 6.07) is 0. The predicted octanol–water partition coefficient (Wildman–Crippen LogP) is 2.52. The number of rotatable bonds is 8. The monoisotopic (exact) mass is 300 g/mol. The minimum atomic E-state index is -2.76. The maximum absolute atomic E-state index is 12.4. The molecule has 0 spiro atoms. The van der Waals surface area contributed by atoms with E-state index in [0.717, 1.165) is 43.0 Å². The molecule has 0 radical (unpaired) electrons. The van der Waals surface area contributed by atoms with Gasteiger partial charge in [-0.2, -0.15) is 0 Å². The minimum Gasteiger partial charge on any atom is -0.385 e. The molecule has 0 aromatic carbocycles. The van der Waals surface area contributed by atoms with Crippen molar-refractivity contribution in [2.24, 2.45) is 0 Å². The molecule has 0 aliphatic heterocycles. The van der Waals surface area contributed by atoms with E-state index in [1.54, 1.807) is 0 Å². The fourth-order valence-corrected chi connectivity index (χ4v) is 1.94. The summed E-state index contributed by atoms with van der Waals surface area (Å²) < 4.78 is 24.7. The fraction of sp³-hybridized carbons (Fsp3) is 0.714. The van der Waals surface area contributed by atoms with E-state index >= 15 is 0 Å². The van der Waals surface area contributed by atoms with E-state index in [1.807, 2.05) is 6.92 Å².